The Kier molecular flexibility index (Phi) is 5.40. The molecular formula is C21H23F2N3O2S. The minimum absolute atomic E-state index is 0.0146. The first-order valence-electron chi connectivity index (χ1n) is 9.68. The SMILES string of the molecule is C[C@@]1(C2CCN(Cc3ccc(F)cc3F)CC2)NC(=O)N(Cc2ccsc2)C1=O. The monoisotopic (exact) mass is 419 g/mol. The van der Waals surface area contributed by atoms with Crippen LogP contribution in [-0.4, -0.2) is 40.4 Å². The fraction of sp³-hybridized carbons (Fsp3) is 0.429. The second-order valence-electron chi connectivity index (χ2n) is 7.94. The van der Waals surface area contributed by atoms with Crippen LogP contribution in [0.15, 0.2) is 35.0 Å². The molecule has 2 fully saturated rings. The maximum Gasteiger partial charge on any atom is 0.325 e. The summed E-state index contributed by atoms with van der Waals surface area (Å²) in [7, 11) is 0. The summed E-state index contributed by atoms with van der Waals surface area (Å²) in [5.41, 5.74) is 0.488. The van der Waals surface area contributed by atoms with Gasteiger partial charge in [0.25, 0.3) is 5.91 Å². The van der Waals surface area contributed by atoms with E-state index in [1.807, 2.05) is 16.8 Å². The van der Waals surface area contributed by atoms with Gasteiger partial charge in [-0.2, -0.15) is 11.3 Å². The highest BCUT2D eigenvalue weighted by Crippen LogP contribution is 2.34. The smallest absolute Gasteiger partial charge is 0.323 e. The van der Waals surface area contributed by atoms with E-state index in [1.165, 1.54) is 28.4 Å². The van der Waals surface area contributed by atoms with Crippen molar-refractivity contribution in [2.24, 2.45) is 5.92 Å². The molecule has 4 rings (SSSR count). The zero-order chi connectivity index (χ0) is 20.6. The van der Waals surface area contributed by atoms with Crippen molar-refractivity contribution in [3.8, 4) is 0 Å². The van der Waals surface area contributed by atoms with E-state index in [1.54, 1.807) is 6.92 Å². The number of halogens is 2. The third-order valence-electron chi connectivity index (χ3n) is 6.04. The molecule has 0 radical (unpaired) electrons. The fourth-order valence-corrected chi connectivity index (χ4v) is 4.92. The second-order valence-corrected chi connectivity index (χ2v) is 8.72. The topological polar surface area (TPSA) is 52.7 Å². The summed E-state index contributed by atoms with van der Waals surface area (Å²) in [6.07, 6.45) is 1.44. The van der Waals surface area contributed by atoms with E-state index in [-0.39, 0.29) is 24.4 Å². The molecule has 154 valence electrons. The predicted molar refractivity (Wildman–Crippen MR) is 106 cm³/mol. The number of nitrogens with zero attached hydrogens (tertiary/aromatic N) is 2. The van der Waals surface area contributed by atoms with Gasteiger partial charge in [-0.1, -0.05) is 6.07 Å². The molecule has 0 aliphatic carbocycles. The van der Waals surface area contributed by atoms with Gasteiger partial charge in [-0.05, 0) is 67.2 Å². The van der Waals surface area contributed by atoms with Crippen LogP contribution in [-0.2, 0) is 17.9 Å². The Labute approximate surface area is 172 Å². The van der Waals surface area contributed by atoms with Gasteiger partial charge < -0.3 is 5.32 Å². The fourth-order valence-electron chi connectivity index (χ4n) is 4.26. The molecule has 2 aliphatic heterocycles. The van der Waals surface area contributed by atoms with Crippen LogP contribution in [0.4, 0.5) is 13.6 Å². The lowest BCUT2D eigenvalue weighted by molar-refractivity contribution is -0.133. The first-order chi connectivity index (χ1) is 13.9. The quantitative estimate of drug-likeness (QED) is 0.751. The number of rotatable bonds is 5. The van der Waals surface area contributed by atoms with Crippen molar-refractivity contribution < 1.29 is 18.4 Å². The Bertz CT molecular complexity index is 913. The minimum Gasteiger partial charge on any atom is -0.323 e. The van der Waals surface area contributed by atoms with Gasteiger partial charge in [0.2, 0.25) is 0 Å². The lowest BCUT2D eigenvalue weighted by Gasteiger charge is -2.39. The number of thiophene rings is 1. The number of likely N-dealkylation sites (tertiary alicyclic amines) is 1. The van der Waals surface area contributed by atoms with E-state index in [9.17, 15) is 18.4 Å². The Morgan fingerprint density at radius 3 is 2.59 bits per heavy atom. The number of piperidine rings is 1. The molecular weight excluding hydrogens is 396 g/mol. The molecule has 2 saturated heterocycles. The number of hydrogen-bond donors (Lipinski definition) is 1. The summed E-state index contributed by atoms with van der Waals surface area (Å²) in [5.74, 6) is -1.29. The van der Waals surface area contributed by atoms with Crippen molar-refractivity contribution in [2.75, 3.05) is 13.1 Å². The molecule has 5 nitrogen and oxygen atoms in total. The van der Waals surface area contributed by atoms with Crippen LogP contribution in [0.25, 0.3) is 0 Å². The third-order valence-corrected chi connectivity index (χ3v) is 6.77. The molecule has 0 bridgehead atoms. The Morgan fingerprint density at radius 1 is 1.17 bits per heavy atom. The van der Waals surface area contributed by atoms with Gasteiger partial charge in [-0.25, -0.2) is 13.6 Å². The highest BCUT2D eigenvalue weighted by molar-refractivity contribution is 7.07. The summed E-state index contributed by atoms with van der Waals surface area (Å²) in [6, 6.07) is 5.20. The van der Waals surface area contributed by atoms with Crippen molar-refractivity contribution in [3.05, 3.63) is 57.8 Å². The number of carbonyl (C=O) groups excluding carboxylic acids is 2. The number of nitrogens with one attached hydrogen (secondary N) is 1. The van der Waals surface area contributed by atoms with Crippen molar-refractivity contribution in [2.45, 2.75) is 38.4 Å². The summed E-state index contributed by atoms with van der Waals surface area (Å²) in [4.78, 5) is 28.9. The Hall–Kier alpha value is -2.32. The molecule has 2 aromatic rings. The van der Waals surface area contributed by atoms with Gasteiger partial charge in [0.05, 0.1) is 6.54 Å². The van der Waals surface area contributed by atoms with Crippen LogP contribution in [0, 0.1) is 17.6 Å². The molecule has 1 N–H and O–H groups in total. The molecule has 1 aromatic heterocycles. The van der Waals surface area contributed by atoms with Gasteiger partial charge in [0.1, 0.15) is 17.2 Å². The average Bonchev–Trinajstić information content (AvgIpc) is 3.28. The summed E-state index contributed by atoms with van der Waals surface area (Å²) >= 11 is 1.53. The second kappa shape index (κ2) is 7.84. The average molecular weight is 419 g/mol. The number of benzene rings is 1. The molecule has 8 heteroatoms. The van der Waals surface area contributed by atoms with E-state index < -0.39 is 17.2 Å². The van der Waals surface area contributed by atoms with Crippen molar-refractivity contribution in [3.63, 3.8) is 0 Å². The third kappa shape index (κ3) is 3.91. The highest BCUT2D eigenvalue weighted by Gasteiger charge is 2.52. The predicted octanol–water partition coefficient (Wildman–Crippen LogP) is 3.75. The molecule has 2 aliphatic rings. The minimum atomic E-state index is -0.916. The van der Waals surface area contributed by atoms with Crippen LogP contribution in [0.3, 0.4) is 0 Å². The number of imide groups is 1. The highest BCUT2D eigenvalue weighted by atomic mass is 32.1. The van der Waals surface area contributed by atoms with Gasteiger partial charge in [0.15, 0.2) is 0 Å². The molecule has 0 saturated carbocycles. The van der Waals surface area contributed by atoms with E-state index in [0.717, 1.165) is 24.5 Å². The largest absolute Gasteiger partial charge is 0.325 e. The van der Waals surface area contributed by atoms with Gasteiger partial charge >= 0.3 is 6.03 Å². The normalized spacial score (nSPS) is 23.6. The molecule has 29 heavy (non-hydrogen) atoms. The molecule has 3 amide bonds. The van der Waals surface area contributed by atoms with E-state index in [4.69, 9.17) is 0 Å². The van der Waals surface area contributed by atoms with Gasteiger partial charge in [0, 0.05) is 18.2 Å². The van der Waals surface area contributed by atoms with Gasteiger partial charge in [-0.3, -0.25) is 14.6 Å². The number of urea groups is 1. The zero-order valence-electron chi connectivity index (χ0n) is 16.2. The number of amides is 3. The zero-order valence-corrected chi connectivity index (χ0v) is 17.0. The van der Waals surface area contributed by atoms with Gasteiger partial charge in [-0.15, -0.1) is 0 Å². The maximum absolute atomic E-state index is 13.9. The maximum atomic E-state index is 13.9. The summed E-state index contributed by atoms with van der Waals surface area (Å²) in [6.45, 7) is 3.86. The Morgan fingerprint density at radius 2 is 1.93 bits per heavy atom. The van der Waals surface area contributed by atoms with Crippen LogP contribution in [0.1, 0.15) is 30.9 Å². The van der Waals surface area contributed by atoms with Crippen molar-refractivity contribution in [1.82, 2.24) is 15.1 Å². The number of carbonyl (C=O) groups is 2. The van der Waals surface area contributed by atoms with E-state index in [2.05, 4.69) is 10.2 Å². The first kappa shape index (κ1) is 20.0. The van der Waals surface area contributed by atoms with Crippen LogP contribution >= 0.6 is 11.3 Å². The van der Waals surface area contributed by atoms with E-state index >= 15 is 0 Å². The standard InChI is InChI=1S/C21H23F2N3O2S/c1-21(19(27)26(20(28)24-21)11-14-6-9-29-13-14)16-4-7-25(8-5-16)12-15-2-3-17(22)10-18(15)23/h2-3,6,9-10,13,16H,4-5,7-8,11-12H2,1H3,(H,24,28)/t21-/m0/s1. The van der Waals surface area contributed by atoms with Crippen LogP contribution < -0.4 is 5.32 Å². The van der Waals surface area contributed by atoms with E-state index in [0.29, 0.717) is 25.2 Å². The molecule has 3 heterocycles. The van der Waals surface area contributed by atoms with Crippen LogP contribution in [0.5, 0.6) is 0 Å². The van der Waals surface area contributed by atoms with Crippen LogP contribution in [0.2, 0.25) is 0 Å². The molecule has 1 atom stereocenters. The summed E-state index contributed by atoms with van der Waals surface area (Å²) in [5, 5.41) is 6.77. The molecule has 0 unspecified atom stereocenters. The Balaban J connectivity index is 1.38. The summed E-state index contributed by atoms with van der Waals surface area (Å²) < 4.78 is 27.0. The number of hydrogen-bond acceptors (Lipinski definition) is 4. The first-order valence-corrected chi connectivity index (χ1v) is 10.6. The van der Waals surface area contributed by atoms with Crippen molar-refractivity contribution in [1.29, 1.82) is 0 Å². The molecule has 0 spiro atoms. The lowest BCUT2D eigenvalue weighted by atomic mass is 9.79. The molecule has 1 aromatic carbocycles. The van der Waals surface area contributed by atoms with Crippen molar-refractivity contribution >= 4 is 23.3 Å². The lowest BCUT2D eigenvalue weighted by Crippen LogP contribution is -2.53.